The summed E-state index contributed by atoms with van der Waals surface area (Å²) in [5.74, 6) is 0.565. The third kappa shape index (κ3) is 2.82. The van der Waals surface area contributed by atoms with Crippen LogP contribution >= 0.6 is 0 Å². The van der Waals surface area contributed by atoms with Gasteiger partial charge in [-0.15, -0.1) is 0 Å². The highest BCUT2D eigenvalue weighted by Crippen LogP contribution is 2.33. The van der Waals surface area contributed by atoms with Gasteiger partial charge in [-0.2, -0.15) is 0 Å². The van der Waals surface area contributed by atoms with Crippen LogP contribution < -0.4 is 4.74 Å². The van der Waals surface area contributed by atoms with E-state index in [-0.39, 0.29) is 17.6 Å². The summed E-state index contributed by atoms with van der Waals surface area (Å²) >= 11 is 0. The first-order chi connectivity index (χ1) is 8.63. The lowest BCUT2D eigenvalue weighted by molar-refractivity contribution is 0.101. The monoisotopic (exact) mass is 250 g/mol. The van der Waals surface area contributed by atoms with Crippen molar-refractivity contribution in [1.29, 1.82) is 0 Å². The van der Waals surface area contributed by atoms with Crippen LogP contribution in [0.1, 0.15) is 36.2 Å². The summed E-state index contributed by atoms with van der Waals surface area (Å²) in [5, 5.41) is 10.1. The highest BCUT2D eigenvalue weighted by atomic mass is 16.6. The normalized spacial score (nSPS) is 17.6. The average molecular weight is 250 g/mol. The highest BCUT2D eigenvalue weighted by Gasteiger charge is 2.24. The van der Waals surface area contributed by atoms with Crippen molar-refractivity contribution in [2.45, 2.75) is 32.8 Å². The molecule has 1 aromatic rings. The number of carbonyl (C=O) groups excluding carboxylic acids is 1. The van der Waals surface area contributed by atoms with Crippen LogP contribution in [0.25, 0.3) is 0 Å². The van der Waals surface area contributed by atoms with E-state index in [0.717, 1.165) is 13.0 Å². The first-order valence-electron chi connectivity index (χ1n) is 6.23. The first-order valence-corrected chi connectivity index (χ1v) is 6.23. The number of aromatic hydroxyl groups is 1. The highest BCUT2D eigenvalue weighted by molar-refractivity contribution is 5.97. The second kappa shape index (κ2) is 5.40. The summed E-state index contributed by atoms with van der Waals surface area (Å²) < 4.78 is 10.7. The molecule has 1 atom stereocenters. The van der Waals surface area contributed by atoms with Gasteiger partial charge in [0.1, 0.15) is 24.2 Å². The average Bonchev–Trinajstić information content (AvgIpc) is 3.13. The molecule has 1 saturated heterocycles. The molecule has 1 aromatic carbocycles. The topological polar surface area (TPSA) is 59.1 Å². The minimum Gasteiger partial charge on any atom is -0.507 e. The molecule has 2 rings (SSSR count). The number of Topliss-reactive ketones (excluding diaryl/α,β-unsaturated/α-hetero) is 1. The third-order valence-electron chi connectivity index (χ3n) is 2.95. The van der Waals surface area contributed by atoms with E-state index in [0.29, 0.717) is 29.9 Å². The first kappa shape index (κ1) is 12.9. The molecule has 1 N–H and O–H groups in total. The van der Waals surface area contributed by atoms with Crippen LogP contribution in [0.4, 0.5) is 0 Å². The SMILES string of the molecule is CCCc1c(OC[C@H]2CO2)ccc(C(C)=O)c1O. The van der Waals surface area contributed by atoms with Gasteiger partial charge in [0.05, 0.1) is 12.2 Å². The van der Waals surface area contributed by atoms with E-state index >= 15 is 0 Å². The van der Waals surface area contributed by atoms with E-state index in [1.807, 2.05) is 6.92 Å². The van der Waals surface area contributed by atoms with Crippen molar-refractivity contribution < 1.29 is 19.4 Å². The van der Waals surface area contributed by atoms with Crippen LogP contribution in [0.5, 0.6) is 11.5 Å². The molecule has 1 aliphatic heterocycles. The minimum absolute atomic E-state index is 0.0542. The second-order valence-electron chi connectivity index (χ2n) is 4.51. The van der Waals surface area contributed by atoms with Crippen LogP contribution in [0, 0.1) is 0 Å². The lowest BCUT2D eigenvalue weighted by atomic mass is 10.0. The second-order valence-corrected chi connectivity index (χ2v) is 4.51. The summed E-state index contributed by atoms with van der Waals surface area (Å²) in [7, 11) is 0. The molecule has 0 radical (unpaired) electrons. The number of ether oxygens (including phenoxy) is 2. The fourth-order valence-corrected chi connectivity index (χ4v) is 1.88. The molecule has 1 heterocycles. The number of ketones is 1. The van der Waals surface area contributed by atoms with E-state index in [1.165, 1.54) is 6.92 Å². The molecule has 0 aliphatic carbocycles. The molecule has 98 valence electrons. The van der Waals surface area contributed by atoms with Crippen LogP contribution in [0.2, 0.25) is 0 Å². The number of benzene rings is 1. The molecule has 0 amide bonds. The molecule has 4 heteroatoms. The van der Waals surface area contributed by atoms with Gasteiger partial charge in [-0.25, -0.2) is 0 Å². The van der Waals surface area contributed by atoms with E-state index in [4.69, 9.17) is 9.47 Å². The van der Waals surface area contributed by atoms with Gasteiger partial charge < -0.3 is 14.6 Å². The van der Waals surface area contributed by atoms with Crippen molar-refractivity contribution in [3.63, 3.8) is 0 Å². The predicted molar refractivity (Wildman–Crippen MR) is 67.3 cm³/mol. The molecule has 1 aliphatic rings. The van der Waals surface area contributed by atoms with Gasteiger partial charge in [-0.05, 0) is 25.5 Å². The van der Waals surface area contributed by atoms with E-state index in [9.17, 15) is 9.90 Å². The molecule has 1 fully saturated rings. The van der Waals surface area contributed by atoms with Gasteiger partial charge in [0.2, 0.25) is 0 Å². The molecule has 18 heavy (non-hydrogen) atoms. The van der Waals surface area contributed by atoms with Gasteiger partial charge >= 0.3 is 0 Å². The summed E-state index contributed by atoms with van der Waals surface area (Å²) in [4.78, 5) is 11.4. The maximum Gasteiger partial charge on any atom is 0.163 e. The molecule has 0 unspecified atom stereocenters. The van der Waals surface area contributed by atoms with Crippen molar-refractivity contribution in [2.75, 3.05) is 13.2 Å². The van der Waals surface area contributed by atoms with Crippen molar-refractivity contribution in [3.8, 4) is 11.5 Å². The smallest absolute Gasteiger partial charge is 0.163 e. The number of phenols is 1. The lowest BCUT2D eigenvalue weighted by Crippen LogP contribution is -2.07. The molecule has 0 saturated carbocycles. The Morgan fingerprint density at radius 2 is 2.28 bits per heavy atom. The van der Waals surface area contributed by atoms with Gasteiger partial charge in [0, 0.05) is 5.56 Å². The van der Waals surface area contributed by atoms with Gasteiger partial charge in [-0.1, -0.05) is 13.3 Å². The van der Waals surface area contributed by atoms with Crippen LogP contribution in [0.3, 0.4) is 0 Å². The maximum atomic E-state index is 11.4. The van der Waals surface area contributed by atoms with Crippen molar-refractivity contribution in [3.05, 3.63) is 23.3 Å². The molecular formula is C14H18O4. The quantitative estimate of drug-likeness (QED) is 0.622. The minimum atomic E-state index is -0.137. The van der Waals surface area contributed by atoms with Crippen LogP contribution in [-0.4, -0.2) is 30.2 Å². The Balaban J connectivity index is 2.26. The molecule has 4 nitrogen and oxygen atoms in total. The van der Waals surface area contributed by atoms with Gasteiger partial charge in [0.15, 0.2) is 5.78 Å². The van der Waals surface area contributed by atoms with Gasteiger partial charge in [0.25, 0.3) is 0 Å². The largest absolute Gasteiger partial charge is 0.507 e. The number of hydrogen-bond donors (Lipinski definition) is 1. The number of carbonyl (C=O) groups is 1. The van der Waals surface area contributed by atoms with Gasteiger partial charge in [-0.3, -0.25) is 4.79 Å². The number of rotatable bonds is 6. The zero-order valence-electron chi connectivity index (χ0n) is 10.7. The summed E-state index contributed by atoms with van der Waals surface area (Å²) in [6.45, 7) is 4.70. The number of hydrogen-bond acceptors (Lipinski definition) is 4. The zero-order valence-corrected chi connectivity index (χ0v) is 10.7. The molecule has 0 aromatic heterocycles. The Hall–Kier alpha value is -1.55. The van der Waals surface area contributed by atoms with Crippen molar-refractivity contribution in [1.82, 2.24) is 0 Å². The fraction of sp³-hybridized carbons (Fsp3) is 0.500. The van der Waals surface area contributed by atoms with E-state index < -0.39 is 0 Å². The van der Waals surface area contributed by atoms with Crippen LogP contribution in [0.15, 0.2) is 12.1 Å². The summed E-state index contributed by atoms with van der Waals surface area (Å²) in [6.07, 6.45) is 1.74. The maximum absolute atomic E-state index is 11.4. The summed E-state index contributed by atoms with van der Waals surface area (Å²) in [5.41, 5.74) is 1.07. The van der Waals surface area contributed by atoms with Crippen LogP contribution in [-0.2, 0) is 11.2 Å². The Kier molecular flexibility index (Phi) is 3.87. The van der Waals surface area contributed by atoms with E-state index in [2.05, 4.69) is 0 Å². The Bertz CT molecular complexity index is 449. The third-order valence-corrected chi connectivity index (χ3v) is 2.95. The standard InChI is InChI=1S/C14H18O4/c1-3-4-12-13(18-8-10-7-17-10)6-5-11(9(2)15)14(12)16/h5-6,10,16H,3-4,7-8H2,1-2H3/t10-/m1/s1. The predicted octanol–water partition coefficient (Wildman–Crippen LogP) is 2.32. The Morgan fingerprint density at radius 1 is 1.56 bits per heavy atom. The van der Waals surface area contributed by atoms with Crippen molar-refractivity contribution >= 4 is 5.78 Å². The summed E-state index contributed by atoms with van der Waals surface area (Å²) in [6, 6.07) is 3.36. The molecular weight excluding hydrogens is 232 g/mol. The lowest BCUT2D eigenvalue weighted by Gasteiger charge is -2.14. The Labute approximate surface area is 107 Å². The fourth-order valence-electron chi connectivity index (χ4n) is 1.88. The Morgan fingerprint density at radius 3 is 2.83 bits per heavy atom. The molecule has 0 bridgehead atoms. The number of epoxide rings is 1. The number of phenolic OH excluding ortho intramolecular Hbond substituents is 1. The van der Waals surface area contributed by atoms with E-state index in [1.54, 1.807) is 12.1 Å². The zero-order chi connectivity index (χ0) is 13.1. The van der Waals surface area contributed by atoms with Crippen molar-refractivity contribution in [2.24, 2.45) is 0 Å². The molecule has 0 spiro atoms.